The molecule has 0 unspecified atom stereocenters. The molecule has 0 bridgehead atoms. The molecule has 3 rings (SSSR count). The van der Waals surface area contributed by atoms with Gasteiger partial charge >= 0.3 is 0 Å². The minimum Gasteiger partial charge on any atom is -0.474 e. The number of ether oxygens (including phenoxy) is 1. The lowest BCUT2D eigenvalue weighted by atomic mass is 10.3. The maximum absolute atomic E-state index is 5.88. The first-order chi connectivity index (χ1) is 10.8. The lowest BCUT2D eigenvalue weighted by Gasteiger charge is -2.12. The second kappa shape index (κ2) is 7.47. The van der Waals surface area contributed by atoms with Crippen molar-refractivity contribution >= 4 is 5.96 Å². The maximum Gasteiger partial charge on any atom is 0.213 e. The molecule has 2 aliphatic rings. The summed E-state index contributed by atoms with van der Waals surface area (Å²) in [5.41, 5.74) is 1.10. The number of guanidine groups is 1. The van der Waals surface area contributed by atoms with Crippen molar-refractivity contribution in [2.75, 3.05) is 6.54 Å². The highest BCUT2D eigenvalue weighted by Gasteiger charge is 2.22. The van der Waals surface area contributed by atoms with E-state index in [0.29, 0.717) is 18.7 Å². The average Bonchev–Trinajstić information content (AvgIpc) is 3.20. The van der Waals surface area contributed by atoms with Crippen molar-refractivity contribution in [1.82, 2.24) is 15.6 Å². The Bertz CT molecular complexity index is 490. The van der Waals surface area contributed by atoms with Gasteiger partial charge in [0, 0.05) is 24.8 Å². The Labute approximate surface area is 132 Å². The number of pyridine rings is 1. The molecule has 2 aliphatic carbocycles. The predicted octanol–water partition coefficient (Wildman–Crippen LogP) is 2.62. The first-order valence-corrected chi connectivity index (χ1v) is 8.50. The van der Waals surface area contributed by atoms with Gasteiger partial charge in [-0.25, -0.2) is 9.98 Å². The second-order valence-corrected chi connectivity index (χ2v) is 6.14. The van der Waals surface area contributed by atoms with Gasteiger partial charge in [-0.3, -0.25) is 0 Å². The van der Waals surface area contributed by atoms with Gasteiger partial charge in [-0.2, -0.15) is 0 Å². The minimum atomic E-state index is 0.361. The SMILES string of the molecule is CCNC(=NCc1ccc(OC2CCCC2)nc1)NC1CC1. The van der Waals surface area contributed by atoms with E-state index in [-0.39, 0.29) is 0 Å². The number of nitrogens with zero attached hydrogens (tertiary/aromatic N) is 2. The molecule has 1 aromatic heterocycles. The van der Waals surface area contributed by atoms with Gasteiger partial charge < -0.3 is 15.4 Å². The van der Waals surface area contributed by atoms with Crippen molar-refractivity contribution in [3.05, 3.63) is 23.9 Å². The van der Waals surface area contributed by atoms with Crippen molar-refractivity contribution in [2.24, 2.45) is 4.99 Å². The highest BCUT2D eigenvalue weighted by molar-refractivity contribution is 5.80. The Morgan fingerprint density at radius 2 is 2.09 bits per heavy atom. The summed E-state index contributed by atoms with van der Waals surface area (Å²) in [5.74, 6) is 1.64. The predicted molar refractivity (Wildman–Crippen MR) is 88.1 cm³/mol. The molecule has 0 aromatic carbocycles. The van der Waals surface area contributed by atoms with Gasteiger partial charge in [-0.1, -0.05) is 6.07 Å². The van der Waals surface area contributed by atoms with Gasteiger partial charge in [0.1, 0.15) is 6.10 Å². The zero-order valence-corrected chi connectivity index (χ0v) is 13.3. The number of rotatable bonds is 6. The molecule has 5 nitrogen and oxygen atoms in total. The van der Waals surface area contributed by atoms with Crippen molar-refractivity contribution in [3.63, 3.8) is 0 Å². The maximum atomic E-state index is 5.88. The van der Waals surface area contributed by atoms with Crippen molar-refractivity contribution in [3.8, 4) is 5.88 Å². The molecule has 0 amide bonds. The Morgan fingerprint density at radius 3 is 2.73 bits per heavy atom. The molecule has 0 aliphatic heterocycles. The van der Waals surface area contributed by atoms with Gasteiger partial charge in [-0.05, 0) is 51.0 Å². The van der Waals surface area contributed by atoms with Gasteiger partial charge in [0.05, 0.1) is 6.54 Å². The molecular formula is C17H26N4O. The third-order valence-corrected chi connectivity index (χ3v) is 4.07. The number of hydrogen-bond acceptors (Lipinski definition) is 3. The van der Waals surface area contributed by atoms with E-state index in [2.05, 4.69) is 33.6 Å². The molecule has 2 saturated carbocycles. The second-order valence-electron chi connectivity index (χ2n) is 6.14. The number of aromatic nitrogens is 1. The van der Waals surface area contributed by atoms with Gasteiger partial charge in [0.2, 0.25) is 5.88 Å². The Morgan fingerprint density at radius 1 is 1.27 bits per heavy atom. The van der Waals surface area contributed by atoms with E-state index in [1.807, 2.05) is 12.3 Å². The summed E-state index contributed by atoms with van der Waals surface area (Å²) in [5, 5.41) is 6.69. The Hall–Kier alpha value is -1.78. The van der Waals surface area contributed by atoms with Gasteiger partial charge in [-0.15, -0.1) is 0 Å². The summed E-state index contributed by atoms with van der Waals surface area (Å²) in [6.45, 7) is 3.60. The third kappa shape index (κ3) is 4.61. The molecule has 22 heavy (non-hydrogen) atoms. The van der Waals surface area contributed by atoms with E-state index in [9.17, 15) is 0 Å². The summed E-state index contributed by atoms with van der Waals surface area (Å²) in [4.78, 5) is 9.02. The van der Waals surface area contributed by atoms with Crippen LogP contribution in [-0.4, -0.2) is 29.6 Å². The largest absolute Gasteiger partial charge is 0.474 e. The molecule has 120 valence electrons. The topological polar surface area (TPSA) is 58.5 Å². The van der Waals surface area contributed by atoms with E-state index in [1.165, 1.54) is 25.7 Å². The molecule has 0 radical (unpaired) electrons. The standard InChI is InChI=1S/C17H26N4O/c1-2-18-17(21-14-8-9-14)20-12-13-7-10-16(19-11-13)22-15-5-3-4-6-15/h7,10-11,14-15H,2-6,8-9,12H2,1H3,(H2,18,20,21). The number of hydrogen-bond donors (Lipinski definition) is 2. The zero-order chi connectivity index (χ0) is 15.2. The molecule has 1 aromatic rings. The van der Waals surface area contributed by atoms with Crippen molar-refractivity contribution in [1.29, 1.82) is 0 Å². The van der Waals surface area contributed by atoms with Crippen molar-refractivity contribution in [2.45, 2.75) is 64.1 Å². The van der Waals surface area contributed by atoms with Gasteiger partial charge in [0.25, 0.3) is 0 Å². The first kappa shape index (κ1) is 15.1. The van der Waals surface area contributed by atoms with E-state index >= 15 is 0 Å². The normalized spacial score (nSPS) is 19.2. The summed E-state index contributed by atoms with van der Waals surface area (Å²) in [6, 6.07) is 4.63. The zero-order valence-electron chi connectivity index (χ0n) is 13.3. The summed E-state index contributed by atoms with van der Waals surface area (Å²) < 4.78 is 5.88. The Balaban J connectivity index is 1.52. The van der Waals surface area contributed by atoms with Crippen LogP contribution in [0, 0.1) is 0 Å². The van der Waals surface area contributed by atoms with E-state index in [1.54, 1.807) is 0 Å². The third-order valence-electron chi connectivity index (χ3n) is 4.07. The van der Waals surface area contributed by atoms with Crippen LogP contribution in [0.2, 0.25) is 0 Å². The quantitative estimate of drug-likeness (QED) is 0.626. The molecule has 2 fully saturated rings. The average molecular weight is 302 g/mol. The van der Waals surface area contributed by atoms with Crippen LogP contribution in [0.3, 0.4) is 0 Å². The van der Waals surface area contributed by atoms with E-state index < -0.39 is 0 Å². The molecule has 0 atom stereocenters. The van der Waals surface area contributed by atoms with Crippen LogP contribution in [0.5, 0.6) is 5.88 Å². The van der Waals surface area contributed by atoms with E-state index in [4.69, 9.17) is 4.74 Å². The minimum absolute atomic E-state index is 0.361. The van der Waals surface area contributed by atoms with Crippen LogP contribution < -0.4 is 15.4 Å². The summed E-state index contributed by atoms with van der Waals surface area (Å²) in [6.07, 6.45) is 9.60. The van der Waals surface area contributed by atoms with Crippen molar-refractivity contribution < 1.29 is 4.74 Å². The number of nitrogens with one attached hydrogen (secondary N) is 2. The van der Waals surface area contributed by atoms with Crippen LogP contribution in [-0.2, 0) is 6.54 Å². The monoisotopic (exact) mass is 302 g/mol. The molecule has 1 heterocycles. The number of aliphatic imine (C=N–C) groups is 1. The van der Waals surface area contributed by atoms with Gasteiger partial charge in [0.15, 0.2) is 5.96 Å². The van der Waals surface area contributed by atoms with Crippen LogP contribution >= 0.6 is 0 Å². The fraction of sp³-hybridized carbons (Fsp3) is 0.647. The van der Waals surface area contributed by atoms with E-state index in [0.717, 1.165) is 36.8 Å². The highest BCUT2D eigenvalue weighted by Crippen LogP contribution is 2.23. The van der Waals surface area contributed by atoms with Crippen LogP contribution in [0.15, 0.2) is 23.3 Å². The fourth-order valence-electron chi connectivity index (χ4n) is 2.66. The smallest absolute Gasteiger partial charge is 0.213 e. The molecule has 2 N–H and O–H groups in total. The lowest BCUT2D eigenvalue weighted by molar-refractivity contribution is 0.201. The Kier molecular flexibility index (Phi) is 5.14. The lowest BCUT2D eigenvalue weighted by Crippen LogP contribution is -2.38. The summed E-state index contributed by atoms with van der Waals surface area (Å²) in [7, 11) is 0. The molecule has 5 heteroatoms. The molecular weight excluding hydrogens is 276 g/mol. The molecule has 0 saturated heterocycles. The van der Waals surface area contributed by atoms with Crippen LogP contribution in [0.25, 0.3) is 0 Å². The summed E-state index contributed by atoms with van der Waals surface area (Å²) >= 11 is 0. The van der Waals surface area contributed by atoms with Crippen LogP contribution in [0.1, 0.15) is 51.0 Å². The fourth-order valence-corrected chi connectivity index (χ4v) is 2.66. The molecule has 0 spiro atoms. The highest BCUT2D eigenvalue weighted by atomic mass is 16.5. The first-order valence-electron chi connectivity index (χ1n) is 8.50. The van der Waals surface area contributed by atoms with Crippen LogP contribution in [0.4, 0.5) is 0 Å².